The van der Waals surface area contributed by atoms with E-state index in [1.165, 1.54) is 0 Å². The van der Waals surface area contributed by atoms with E-state index in [4.69, 9.17) is 0 Å². The van der Waals surface area contributed by atoms with Crippen molar-refractivity contribution in [1.29, 1.82) is 0 Å². The van der Waals surface area contributed by atoms with Gasteiger partial charge >= 0.3 is 0 Å². The molecule has 2 heteroatoms. The number of nitrogens with zero attached hydrogens (tertiary/aromatic N) is 1. The molecule has 118 valence electrons. The van der Waals surface area contributed by atoms with Crippen LogP contribution >= 0.6 is 0 Å². The lowest BCUT2D eigenvalue weighted by Gasteiger charge is -2.11. The van der Waals surface area contributed by atoms with Gasteiger partial charge in [0.2, 0.25) is 0 Å². The lowest BCUT2D eigenvalue weighted by Crippen LogP contribution is -1.91. The maximum absolute atomic E-state index is 10.7. The fourth-order valence-electron chi connectivity index (χ4n) is 2.94. The number of phenols is 1. The summed E-state index contributed by atoms with van der Waals surface area (Å²) in [5.41, 5.74) is 5.00. The first kappa shape index (κ1) is 14.7. The summed E-state index contributed by atoms with van der Waals surface area (Å²) >= 11 is 0. The first-order valence-electron chi connectivity index (χ1n) is 8.33. The molecule has 0 heterocycles. The topological polar surface area (TPSA) is 32.6 Å². The second-order valence-corrected chi connectivity index (χ2v) is 6.24. The fourth-order valence-corrected chi connectivity index (χ4v) is 2.94. The highest BCUT2D eigenvalue weighted by molar-refractivity contribution is 5.89. The number of phenolic OH excluding ortho intramolecular Hbond substituents is 1. The molecule has 0 spiro atoms. The lowest BCUT2D eigenvalue weighted by atomic mass is 9.97. The van der Waals surface area contributed by atoms with Crippen LogP contribution in [-0.4, -0.2) is 11.3 Å². The first-order valence-corrected chi connectivity index (χ1v) is 8.33. The molecule has 1 aliphatic rings. The van der Waals surface area contributed by atoms with Crippen LogP contribution in [0.3, 0.4) is 0 Å². The summed E-state index contributed by atoms with van der Waals surface area (Å²) in [6.07, 6.45) is 4.07. The molecule has 4 rings (SSSR count). The quantitative estimate of drug-likeness (QED) is 0.617. The summed E-state index contributed by atoms with van der Waals surface area (Å²) in [6.45, 7) is 0. The minimum Gasteiger partial charge on any atom is -0.507 e. The van der Waals surface area contributed by atoms with Crippen LogP contribution in [-0.2, 0) is 0 Å². The van der Waals surface area contributed by atoms with Gasteiger partial charge in [-0.15, -0.1) is 0 Å². The Kier molecular flexibility index (Phi) is 3.87. The van der Waals surface area contributed by atoms with Gasteiger partial charge in [-0.2, -0.15) is 0 Å². The SMILES string of the molecule is Oc1c(C=Nc2ccccc2)cc(-c2ccccc2)cc1C1CC1. The summed E-state index contributed by atoms with van der Waals surface area (Å²) < 4.78 is 0. The van der Waals surface area contributed by atoms with Crippen LogP contribution in [0, 0.1) is 0 Å². The molecule has 0 bridgehead atoms. The van der Waals surface area contributed by atoms with Gasteiger partial charge in [-0.05, 0) is 59.7 Å². The van der Waals surface area contributed by atoms with Gasteiger partial charge in [-0.3, -0.25) is 4.99 Å². The Labute approximate surface area is 142 Å². The highest BCUT2D eigenvalue weighted by Gasteiger charge is 2.27. The van der Waals surface area contributed by atoms with E-state index in [0.29, 0.717) is 11.7 Å². The summed E-state index contributed by atoms with van der Waals surface area (Å²) in [5.74, 6) is 0.856. The van der Waals surface area contributed by atoms with Gasteiger partial charge < -0.3 is 5.11 Å². The van der Waals surface area contributed by atoms with Gasteiger partial charge in [0.25, 0.3) is 0 Å². The second kappa shape index (κ2) is 6.32. The third kappa shape index (κ3) is 3.09. The van der Waals surface area contributed by atoms with Crippen LogP contribution in [0.5, 0.6) is 5.75 Å². The van der Waals surface area contributed by atoms with Gasteiger partial charge in [0.1, 0.15) is 5.75 Å². The average molecular weight is 313 g/mol. The standard InChI is InChI=1S/C22H19NO/c24-22-19(15-23-20-9-5-2-6-10-20)13-18(14-21(22)17-11-12-17)16-7-3-1-4-8-16/h1-10,13-15,17,24H,11-12H2. The van der Waals surface area contributed by atoms with Gasteiger partial charge in [0.05, 0.1) is 5.69 Å². The zero-order chi connectivity index (χ0) is 16.4. The van der Waals surface area contributed by atoms with Crippen molar-refractivity contribution in [1.82, 2.24) is 0 Å². The number of hydrogen-bond donors (Lipinski definition) is 1. The van der Waals surface area contributed by atoms with E-state index in [-0.39, 0.29) is 0 Å². The molecule has 2 nitrogen and oxygen atoms in total. The summed E-state index contributed by atoms with van der Waals surface area (Å²) in [7, 11) is 0. The first-order chi connectivity index (χ1) is 11.8. The second-order valence-electron chi connectivity index (χ2n) is 6.24. The van der Waals surface area contributed by atoms with E-state index in [1.807, 2.05) is 54.6 Å². The van der Waals surface area contributed by atoms with Crippen molar-refractivity contribution in [3.8, 4) is 16.9 Å². The summed E-state index contributed by atoms with van der Waals surface area (Å²) in [5, 5.41) is 10.7. The monoisotopic (exact) mass is 313 g/mol. The summed E-state index contributed by atoms with van der Waals surface area (Å²) in [6, 6.07) is 24.2. The van der Waals surface area contributed by atoms with Gasteiger partial charge in [-0.1, -0.05) is 48.5 Å². The molecule has 1 fully saturated rings. The van der Waals surface area contributed by atoms with Crippen molar-refractivity contribution in [3.05, 3.63) is 83.9 Å². The van der Waals surface area contributed by atoms with E-state index in [9.17, 15) is 5.11 Å². The Morgan fingerprint density at radius 3 is 2.17 bits per heavy atom. The zero-order valence-corrected chi connectivity index (χ0v) is 13.4. The van der Waals surface area contributed by atoms with E-state index in [2.05, 4.69) is 23.2 Å². The number of hydrogen-bond acceptors (Lipinski definition) is 2. The molecule has 0 aromatic heterocycles. The Hall–Kier alpha value is -2.87. The Balaban J connectivity index is 1.77. The molecule has 0 radical (unpaired) electrons. The molecule has 0 amide bonds. The summed E-state index contributed by atoms with van der Waals surface area (Å²) in [4.78, 5) is 4.51. The van der Waals surface area contributed by atoms with Crippen molar-refractivity contribution in [2.24, 2.45) is 4.99 Å². The van der Waals surface area contributed by atoms with E-state index in [0.717, 1.165) is 40.8 Å². The van der Waals surface area contributed by atoms with Crippen molar-refractivity contribution in [2.75, 3.05) is 0 Å². The molecule has 1 saturated carbocycles. The molecular formula is C22H19NO. The van der Waals surface area contributed by atoms with E-state index in [1.54, 1.807) is 6.21 Å². The highest BCUT2D eigenvalue weighted by atomic mass is 16.3. The molecule has 24 heavy (non-hydrogen) atoms. The number of para-hydroxylation sites is 1. The van der Waals surface area contributed by atoms with Crippen molar-refractivity contribution >= 4 is 11.9 Å². The fraction of sp³-hybridized carbons (Fsp3) is 0.136. The Morgan fingerprint density at radius 1 is 0.833 bits per heavy atom. The van der Waals surface area contributed by atoms with Crippen LogP contribution in [0.1, 0.15) is 29.9 Å². The average Bonchev–Trinajstić information content (AvgIpc) is 3.47. The van der Waals surface area contributed by atoms with Gasteiger partial charge in [0, 0.05) is 11.8 Å². The highest BCUT2D eigenvalue weighted by Crippen LogP contribution is 2.46. The van der Waals surface area contributed by atoms with Crippen LogP contribution in [0.2, 0.25) is 0 Å². The molecule has 3 aromatic rings. The number of aliphatic imine (C=N–C) groups is 1. The molecule has 0 aliphatic heterocycles. The van der Waals surface area contributed by atoms with Gasteiger partial charge in [-0.25, -0.2) is 0 Å². The minimum atomic E-state index is 0.372. The molecule has 1 N–H and O–H groups in total. The Morgan fingerprint density at radius 2 is 1.50 bits per heavy atom. The van der Waals surface area contributed by atoms with Crippen LogP contribution in [0.4, 0.5) is 5.69 Å². The Bertz CT molecular complexity index is 865. The maximum Gasteiger partial charge on any atom is 0.127 e. The minimum absolute atomic E-state index is 0.372. The maximum atomic E-state index is 10.7. The normalized spacial score (nSPS) is 14.2. The van der Waals surface area contributed by atoms with E-state index >= 15 is 0 Å². The smallest absolute Gasteiger partial charge is 0.127 e. The number of benzene rings is 3. The molecule has 1 aliphatic carbocycles. The molecule has 0 atom stereocenters. The van der Waals surface area contributed by atoms with Crippen LogP contribution < -0.4 is 0 Å². The van der Waals surface area contributed by atoms with Gasteiger partial charge in [0.15, 0.2) is 0 Å². The van der Waals surface area contributed by atoms with Crippen LogP contribution in [0.15, 0.2) is 77.8 Å². The number of rotatable bonds is 4. The third-order valence-electron chi connectivity index (χ3n) is 4.40. The van der Waals surface area contributed by atoms with Crippen LogP contribution in [0.25, 0.3) is 11.1 Å². The molecule has 0 unspecified atom stereocenters. The predicted octanol–water partition coefficient (Wildman–Crippen LogP) is 5.69. The lowest BCUT2D eigenvalue weighted by molar-refractivity contribution is 0.467. The number of aromatic hydroxyl groups is 1. The van der Waals surface area contributed by atoms with Crippen molar-refractivity contribution < 1.29 is 5.11 Å². The van der Waals surface area contributed by atoms with Crippen molar-refractivity contribution in [2.45, 2.75) is 18.8 Å². The molecular weight excluding hydrogens is 294 g/mol. The zero-order valence-electron chi connectivity index (χ0n) is 13.4. The third-order valence-corrected chi connectivity index (χ3v) is 4.40. The molecule has 3 aromatic carbocycles. The predicted molar refractivity (Wildman–Crippen MR) is 99.2 cm³/mol. The van der Waals surface area contributed by atoms with Crippen molar-refractivity contribution in [3.63, 3.8) is 0 Å². The molecule has 0 saturated heterocycles. The van der Waals surface area contributed by atoms with E-state index < -0.39 is 0 Å². The largest absolute Gasteiger partial charge is 0.507 e.